The highest BCUT2D eigenvalue weighted by molar-refractivity contribution is 8.07. The first-order valence-corrected chi connectivity index (χ1v) is 9.92. The fraction of sp³-hybridized carbons (Fsp3) is 0.647. The summed E-state index contributed by atoms with van der Waals surface area (Å²) < 4.78 is 5.74. The first kappa shape index (κ1) is 17.0. The van der Waals surface area contributed by atoms with Gasteiger partial charge in [0.1, 0.15) is 5.75 Å². The van der Waals surface area contributed by atoms with Crippen LogP contribution in [-0.4, -0.2) is 35.2 Å². The molecule has 2 rings (SSSR count). The Labute approximate surface area is 137 Å². The van der Waals surface area contributed by atoms with Gasteiger partial charge in [-0.25, -0.2) is 0 Å². The molecule has 3 unspecified atom stereocenters. The average Bonchev–Trinajstić information content (AvgIpc) is 2.49. The predicted octanol–water partition coefficient (Wildman–Crippen LogP) is 4.36. The summed E-state index contributed by atoms with van der Waals surface area (Å²) in [6, 6.07) is 9.04. The summed E-state index contributed by atoms with van der Waals surface area (Å²) in [5.74, 6) is 3.51. The Bertz CT molecular complexity index is 421. The Kier molecular flexibility index (Phi) is 6.77. The lowest BCUT2D eigenvalue weighted by atomic mass is 10.00. The van der Waals surface area contributed by atoms with Crippen LogP contribution in [0.2, 0.25) is 0 Å². The van der Waals surface area contributed by atoms with E-state index in [0.717, 1.165) is 11.0 Å². The van der Waals surface area contributed by atoms with E-state index in [1.54, 1.807) is 0 Å². The molecule has 1 N–H and O–H groups in total. The SMILES string of the molecule is CCC1SCCSC1C(NC)c1ccc(OC(C)C)cc1. The van der Waals surface area contributed by atoms with Crippen LogP contribution in [0.4, 0.5) is 0 Å². The zero-order valence-corrected chi connectivity index (χ0v) is 15.1. The van der Waals surface area contributed by atoms with Gasteiger partial charge < -0.3 is 10.1 Å². The van der Waals surface area contributed by atoms with Gasteiger partial charge in [-0.1, -0.05) is 19.1 Å². The number of benzene rings is 1. The molecule has 1 saturated heterocycles. The summed E-state index contributed by atoms with van der Waals surface area (Å²) >= 11 is 4.26. The molecule has 3 atom stereocenters. The average molecular weight is 326 g/mol. The predicted molar refractivity (Wildman–Crippen MR) is 96.8 cm³/mol. The van der Waals surface area contributed by atoms with Gasteiger partial charge in [-0.05, 0) is 45.0 Å². The zero-order chi connectivity index (χ0) is 15.2. The highest BCUT2D eigenvalue weighted by Gasteiger charge is 2.32. The highest BCUT2D eigenvalue weighted by Crippen LogP contribution is 2.40. The summed E-state index contributed by atoms with van der Waals surface area (Å²) in [5, 5.41) is 4.93. The number of hydrogen-bond donors (Lipinski definition) is 1. The van der Waals surface area contributed by atoms with Gasteiger partial charge in [-0.2, -0.15) is 23.5 Å². The third kappa shape index (κ3) is 4.57. The molecule has 1 aliphatic rings. The summed E-state index contributed by atoms with van der Waals surface area (Å²) in [6.45, 7) is 6.43. The van der Waals surface area contributed by atoms with Crippen LogP contribution in [0.1, 0.15) is 38.8 Å². The molecule has 1 aromatic rings. The van der Waals surface area contributed by atoms with E-state index in [1.807, 2.05) is 0 Å². The second kappa shape index (κ2) is 8.35. The van der Waals surface area contributed by atoms with Gasteiger partial charge in [0.05, 0.1) is 6.10 Å². The van der Waals surface area contributed by atoms with Gasteiger partial charge in [-0.15, -0.1) is 0 Å². The Hall–Kier alpha value is -0.320. The van der Waals surface area contributed by atoms with Crippen LogP contribution in [-0.2, 0) is 0 Å². The molecule has 1 fully saturated rings. The molecule has 0 aliphatic carbocycles. The van der Waals surface area contributed by atoms with E-state index in [-0.39, 0.29) is 6.10 Å². The van der Waals surface area contributed by atoms with E-state index < -0.39 is 0 Å². The fourth-order valence-electron chi connectivity index (χ4n) is 2.79. The molecule has 21 heavy (non-hydrogen) atoms. The van der Waals surface area contributed by atoms with Crippen LogP contribution in [0.15, 0.2) is 24.3 Å². The molecule has 0 spiro atoms. The van der Waals surface area contributed by atoms with Crippen LogP contribution >= 0.6 is 23.5 Å². The normalized spacial score (nSPS) is 24.0. The van der Waals surface area contributed by atoms with Crippen molar-refractivity contribution in [3.63, 3.8) is 0 Å². The number of thioether (sulfide) groups is 2. The lowest BCUT2D eigenvalue weighted by molar-refractivity contribution is 0.242. The second-order valence-corrected chi connectivity index (χ2v) is 8.29. The monoisotopic (exact) mass is 325 g/mol. The van der Waals surface area contributed by atoms with Crippen LogP contribution in [0.25, 0.3) is 0 Å². The Morgan fingerprint density at radius 1 is 1.19 bits per heavy atom. The maximum atomic E-state index is 5.74. The van der Waals surface area contributed by atoms with Gasteiger partial charge >= 0.3 is 0 Å². The molecule has 0 radical (unpaired) electrons. The second-order valence-electron chi connectivity index (χ2n) is 5.65. The van der Waals surface area contributed by atoms with Gasteiger partial charge in [0, 0.05) is 28.0 Å². The maximum Gasteiger partial charge on any atom is 0.119 e. The molecule has 0 bridgehead atoms. The molecule has 0 saturated carbocycles. The van der Waals surface area contributed by atoms with E-state index >= 15 is 0 Å². The van der Waals surface area contributed by atoms with Crippen molar-refractivity contribution in [3.05, 3.63) is 29.8 Å². The standard InChI is InChI=1S/C17H27NOS2/c1-5-15-17(21-11-10-20-15)16(18-4)13-6-8-14(9-7-13)19-12(2)3/h6-9,12,15-18H,5,10-11H2,1-4H3. The van der Waals surface area contributed by atoms with Gasteiger partial charge in [0.25, 0.3) is 0 Å². The third-order valence-electron chi connectivity index (χ3n) is 3.74. The largest absolute Gasteiger partial charge is 0.491 e. The van der Waals surface area contributed by atoms with Gasteiger partial charge in [0.15, 0.2) is 0 Å². The van der Waals surface area contributed by atoms with Gasteiger partial charge in [0.2, 0.25) is 0 Å². The minimum absolute atomic E-state index is 0.228. The van der Waals surface area contributed by atoms with Crippen LogP contribution in [0.3, 0.4) is 0 Å². The van der Waals surface area contributed by atoms with Crippen molar-refractivity contribution in [2.45, 2.75) is 49.8 Å². The van der Waals surface area contributed by atoms with Crippen molar-refractivity contribution in [2.24, 2.45) is 0 Å². The van der Waals surface area contributed by atoms with Gasteiger partial charge in [-0.3, -0.25) is 0 Å². The Balaban J connectivity index is 2.12. The van der Waals surface area contributed by atoms with Crippen molar-refractivity contribution < 1.29 is 4.74 Å². The van der Waals surface area contributed by atoms with E-state index in [1.165, 1.54) is 23.5 Å². The van der Waals surface area contributed by atoms with E-state index in [9.17, 15) is 0 Å². The Morgan fingerprint density at radius 2 is 1.86 bits per heavy atom. The van der Waals surface area contributed by atoms with E-state index in [0.29, 0.717) is 11.3 Å². The van der Waals surface area contributed by atoms with Crippen LogP contribution < -0.4 is 10.1 Å². The number of hydrogen-bond acceptors (Lipinski definition) is 4. The molecule has 4 heteroatoms. The molecular formula is C17H27NOS2. The molecule has 1 heterocycles. The lowest BCUT2D eigenvalue weighted by Crippen LogP contribution is -2.37. The van der Waals surface area contributed by atoms with Crippen molar-refractivity contribution in [2.75, 3.05) is 18.6 Å². The number of rotatable bonds is 6. The quantitative estimate of drug-likeness (QED) is 0.838. The van der Waals surface area contributed by atoms with Crippen molar-refractivity contribution in [1.82, 2.24) is 5.32 Å². The van der Waals surface area contributed by atoms with Crippen molar-refractivity contribution >= 4 is 23.5 Å². The molecule has 1 aliphatic heterocycles. The maximum absolute atomic E-state index is 5.74. The topological polar surface area (TPSA) is 21.3 Å². The molecule has 2 nitrogen and oxygen atoms in total. The van der Waals surface area contributed by atoms with Crippen LogP contribution in [0, 0.1) is 0 Å². The smallest absolute Gasteiger partial charge is 0.119 e. The van der Waals surface area contributed by atoms with E-state index in [4.69, 9.17) is 4.74 Å². The number of nitrogens with one attached hydrogen (secondary N) is 1. The minimum Gasteiger partial charge on any atom is -0.491 e. The number of ether oxygens (including phenoxy) is 1. The van der Waals surface area contributed by atoms with E-state index in [2.05, 4.69) is 80.9 Å². The first-order chi connectivity index (χ1) is 10.2. The molecular weight excluding hydrogens is 298 g/mol. The summed E-state index contributed by atoms with van der Waals surface area (Å²) in [6.07, 6.45) is 1.47. The summed E-state index contributed by atoms with van der Waals surface area (Å²) in [5.41, 5.74) is 1.37. The third-order valence-corrected chi connectivity index (χ3v) is 7.10. The summed E-state index contributed by atoms with van der Waals surface area (Å²) in [7, 11) is 2.08. The molecule has 1 aromatic carbocycles. The molecule has 118 valence electrons. The van der Waals surface area contributed by atoms with Crippen LogP contribution in [0.5, 0.6) is 5.75 Å². The fourth-order valence-corrected chi connectivity index (χ4v) is 6.08. The molecule has 0 amide bonds. The highest BCUT2D eigenvalue weighted by atomic mass is 32.2. The lowest BCUT2D eigenvalue weighted by Gasteiger charge is -2.36. The molecule has 0 aromatic heterocycles. The minimum atomic E-state index is 0.228. The summed E-state index contributed by atoms with van der Waals surface area (Å²) in [4.78, 5) is 0. The Morgan fingerprint density at radius 3 is 2.43 bits per heavy atom. The van der Waals surface area contributed by atoms with Crippen molar-refractivity contribution in [1.29, 1.82) is 0 Å². The zero-order valence-electron chi connectivity index (χ0n) is 13.5. The first-order valence-electron chi connectivity index (χ1n) is 7.82. The van der Waals surface area contributed by atoms with Crippen molar-refractivity contribution in [3.8, 4) is 5.75 Å².